The number of benzene rings is 2. The Hall–Kier alpha value is -3.62. The molecule has 0 aromatic heterocycles. The third kappa shape index (κ3) is 5.22. The number of amides is 3. The first-order valence-corrected chi connectivity index (χ1v) is 8.89. The molecule has 2 N–H and O–H groups in total. The van der Waals surface area contributed by atoms with Crippen LogP contribution in [-0.4, -0.2) is 37.1 Å². The van der Waals surface area contributed by atoms with Gasteiger partial charge in [0, 0.05) is 25.6 Å². The predicted molar refractivity (Wildman–Crippen MR) is 104 cm³/mol. The van der Waals surface area contributed by atoms with E-state index in [2.05, 4.69) is 10.6 Å². The Labute approximate surface area is 166 Å². The van der Waals surface area contributed by atoms with Crippen molar-refractivity contribution in [2.24, 2.45) is 0 Å². The molecule has 29 heavy (non-hydrogen) atoms. The second-order valence-corrected chi connectivity index (χ2v) is 6.48. The zero-order valence-corrected chi connectivity index (χ0v) is 15.9. The van der Waals surface area contributed by atoms with E-state index >= 15 is 0 Å². The number of ether oxygens (including phenoxy) is 2. The molecule has 1 heterocycles. The molecule has 1 aliphatic heterocycles. The molecule has 152 valence electrons. The average molecular weight is 401 g/mol. The van der Waals surface area contributed by atoms with Crippen LogP contribution in [0.2, 0.25) is 0 Å². The summed E-state index contributed by atoms with van der Waals surface area (Å²) in [7, 11) is 0. The standard InChI is InChI=1S/C20H20FN3O5/c1-12(25)22-10-17-11-24(20(27)29-17)15-5-8-19(18(21)9-15)28-16-6-3-14(4-7-16)23-13(2)26/h3-9,17H,10-11H2,1-2H3,(H,22,25)(H,23,26)/t17-/m0/s1. The highest BCUT2D eigenvalue weighted by Crippen LogP contribution is 2.30. The van der Waals surface area contributed by atoms with E-state index in [0.29, 0.717) is 17.1 Å². The van der Waals surface area contributed by atoms with Crippen molar-refractivity contribution in [3.63, 3.8) is 0 Å². The minimum atomic E-state index is -0.647. The third-order valence-corrected chi connectivity index (χ3v) is 4.08. The molecule has 1 aliphatic rings. The SMILES string of the molecule is CC(=O)NC[C@H]1CN(c2ccc(Oc3ccc(NC(C)=O)cc3)c(F)c2)C(=O)O1. The fourth-order valence-electron chi connectivity index (χ4n) is 2.77. The average Bonchev–Trinajstić information content (AvgIpc) is 3.03. The summed E-state index contributed by atoms with van der Waals surface area (Å²) in [4.78, 5) is 35.3. The molecule has 0 aliphatic carbocycles. The smallest absolute Gasteiger partial charge is 0.414 e. The van der Waals surface area contributed by atoms with Crippen molar-refractivity contribution in [3.8, 4) is 11.5 Å². The molecule has 1 saturated heterocycles. The molecular formula is C20H20FN3O5. The van der Waals surface area contributed by atoms with Crippen LogP contribution in [-0.2, 0) is 14.3 Å². The zero-order chi connectivity index (χ0) is 21.0. The maximum absolute atomic E-state index is 14.5. The molecule has 0 saturated carbocycles. The van der Waals surface area contributed by atoms with Gasteiger partial charge in [0.25, 0.3) is 0 Å². The Kier molecular flexibility index (Phi) is 5.96. The number of anilines is 2. The Balaban J connectivity index is 1.66. The van der Waals surface area contributed by atoms with Gasteiger partial charge in [0.15, 0.2) is 11.6 Å². The van der Waals surface area contributed by atoms with Crippen molar-refractivity contribution >= 4 is 29.3 Å². The van der Waals surface area contributed by atoms with Gasteiger partial charge in [0.1, 0.15) is 11.9 Å². The summed E-state index contributed by atoms with van der Waals surface area (Å²) >= 11 is 0. The van der Waals surface area contributed by atoms with Gasteiger partial charge in [-0.3, -0.25) is 14.5 Å². The van der Waals surface area contributed by atoms with Crippen LogP contribution >= 0.6 is 0 Å². The van der Waals surface area contributed by atoms with E-state index in [-0.39, 0.29) is 30.7 Å². The highest BCUT2D eigenvalue weighted by molar-refractivity contribution is 5.90. The number of hydrogen-bond acceptors (Lipinski definition) is 5. The van der Waals surface area contributed by atoms with Crippen LogP contribution in [0.5, 0.6) is 11.5 Å². The van der Waals surface area contributed by atoms with Crippen molar-refractivity contribution in [2.75, 3.05) is 23.3 Å². The summed E-state index contributed by atoms with van der Waals surface area (Å²) in [5.74, 6) is -0.686. The van der Waals surface area contributed by atoms with Crippen molar-refractivity contribution in [1.82, 2.24) is 5.32 Å². The van der Waals surface area contributed by atoms with E-state index in [9.17, 15) is 18.8 Å². The molecule has 9 heteroatoms. The van der Waals surface area contributed by atoms with Gasteiger partial charge in [-0.2, -0.15) is 0 Å². The lowest BCUT2D eigenvalue weighted by molar-refractivity contribution is -0.119. The second kappa shape index (κ2) is 8.59. The molecule has 8 nitrogen and oxygen atoms in total. The summed E-state index contributed by atoms with van der Waals surface area (Å²) in [6.07, 6.45) is -1.12. The van der Waals surface area contributed by atoms with E-state index < -0.39 is 18.0 Å². The number of cyclic esters (lactones) is 1. The Morgan fingerprint density at radius 2 is 1.90 bits per heavy atom. The van der Waals surface area contributed by atoms with Crippen LogP contribution in [0.3, 0.4) is 0 Å². The third-order valence-electron chi connectivity index (χ3n) is 4.08. The van der Waals surface area contributed by atoms with Crippen LogP contribution in [0.15, 0.2) is 42.5 Å². The first-order valence-electron chi connectivity index (χ1n) is 8.89. The van der Waals surface area contributed by atoms with Gasteiger partial charge in [-0.1, -0.05) is 0 Å². The van der Waals surface area contributed by atoms with Crippen molar-refractivity contribution in [2.45, 2.75) is 20.0 Å². The zero-order valence-electron chi connectivity index (χ0n) is 15.9. The van der Waals surface area contributed by atoms with Crippen LogP contribution in [0.1, 0.15) is 13.8 Å². The van der Waals surface area contributed by atoms with Gasteiger partial charge in [-0.25, -0.2) is 9.18 Å². The van der Waals surface area contributed by atoms with E-state index in [1.165, 1.54) is 30.9 Å². The fraction of sp³-hybridized carbons (Fsp3) is 0.250. The quantitative estimate of drug-likeness (QED) is 0.776. The van der Waals surface area contributed by atoms with Gasteiger partial charge < -0.3 is 20.1 Å². The minimum absolute atomic E-state index is 0.0108. The molecule has 2 aromatic carbocycles. The molecule has 0 unspecified atom stereocenters. The predicted octanol–water partition coefficient (Wildman–Crippen LogP) is 3.04. The highest BCUT2D eigenvalue weighted by Gasteiger charge is 2.32. The minimum Gasteiger partial charge on any atom is -0.454 e. The molecular weight excluding hydrogens is 381 g/mol. The fourth-order valence-corrected chi connectivity index (χ4v) is 2.77. The molecule has 0 bridgehead atoms. The maximum atomic E-state index is 14.5. The Bertz CT molecular complexity index is 932. The summed E-state index contributed by atoms with van der Waals surface area (Å²) in [6, 6.07) is 10.6. The number of carbonyl (C=O) groups is 3. The lowest BCUT2D eigenvalue weighted by atomic mass is 10.2. The molecule has 3 amide bonds. The van der Waals surface area contributed by atoms with E-state index in [1.54, 1.807) is 30.3 Å². The lowest BCUT2D eigenvalue weighted by Gasteiger charge is -2.15. The number of nitrogens with one attached hydrogen (secondary N) is 2. The monoisotopic (exact) mass is 401 g/mol. The second-order valence-electron chi connectivity index (χ2n) is 6.48. The highest BCUT2D eigenvalue weighted by atomic mass is 19.1. The lowest BCUT2D eigenvalue weighted by Crippen LogP contribution is -2.33. The van der Waals surface area contributed by atoms with Crippen LogP contribution in [0.4, 0.5) is 20.6 Å². The number of rotatable bonds is 6. The van der Waals surface area contributed by atoms with Crippen LogP contribution in [0.25, 0.3) is 0 Å². The van der Waals surface area contributed by atoms with Crippen LogP contribution in [0, 0.1) is 5.82 Å². The first-order chi connectivity index (χ1) is 13.8. The van der Waals surface area contributed by atoms with Gasteiger partial charge >= 0.3 is 6.09 Å². The van der Waals surface area contributed by atoms with Gasteiger partial charge in [0.05, 0.1) is 18.8 Å². The summed E-state index contributed by atoms with van der Waals surface area (Å²) in [6.45, 7) is 3.16. The molecule has 0 radical (unpaired) electrons. The first kappa shape index (κ1) is 20.1. The normalized spacial score (nSPS) is 15.6. The summed E-state index contributed by atoms with van der Waals surface area (Å²) < 4.78 is 25.2. The topological polar surface area (TPSA) is 97.0 Å². The van der Waals surface area contributed by atoms with Crippen molar-refractivity contribution in [1.29, 1.82) is 0 Å². The van der Waals surface area contributed by atoms with Crippen molar-refractivity contribution < 1.29 is 28.2 Å². The molecule has 3 rings (SSSR count). The van der Waals surface area contributed by atoms with E-state index in [0.717, 1.165) is 0 Å². The molecule has 1 fully saturated rings. The largest absolute Gasteiger partial charge is 0.454 e. The Morgan fingerprint density at radius 1 is 1.17 bits per heavy atom. The van der Waals surface area contributed by atoms with Gasteiger partial charge in [-0.15, -0.1) is 0 Å². The number of hydrogen-bond donors (Lipinski definition) is 2. The maximum Gasteiger partial charge on any atom is 0.414 e. The van der Waals surface area contributed by atoms with Crippen molar-refractivity contribution in [3.05, 3.63) is 48.3 Å². The summed E-state index contributed by atoms with van der Waals surface area (Å²) in [5.41, 5.74) is 0.924. The van der Waals surface area contributed by atoms with Crippen LogP contribution < -0.4 is 20.3 Å². The number of nitrogens with zero attached hydrogens (tertiary/aromatic N) is 1. The van der Waals surface area contributed by atoms with E-state index in [1.807, 2.05) is 0 Å². The Morgan fingerprint density at radius 3 is 2.52 bits per heavy atom. The summed E-state index contributed by atoms with van der Waals surface area (Å²) in [5, 5.41) is 5.21. The molecule has 2 aromatic rings. The van der Waals surface area contributed by atoms with Gasteiger partial charge in [0.2, 0.25) is 11.8 Å². The molecule has 1 atom stereocenters. The number of halogens is 1. The number of carbonyl (C=O) groups excluding carboxylic acids is 3. The van der Waals surface area contributed by atoms with Gasteiger partial charge in [-0.05, 0) is 36.4 Å². The molecule has 0 spiro atoms. The van der Waals surface area contributed by atoms with E-state index in [4.69, 9.17) is 9.47 Å².